The lowest BCUT2D eigenvalue weighted by molar-refractivity contribution is -0.138. The van der Waals surface area contributed by atoms with E-state index in [1.807, 2.05) is 0 Å². The second-order valence-corrected chi connectivity index (χ2v) is 9.54. The van der Waals surface area contributed by atoms with Crippen molar-refractivity contribution in [3.8, 4) is 5.88 Å². The smallest absolute Gasteiger partial charge is 0.418 e. The molecule has 0 fully saturated rings. The minimum Gasteiger partial charge on any atom is -0.471 e. The van der Waals surface area contributed by atoms with Crippen LogP contribution in [0.15, 0.2) is 48.5 Å². The number of nitrogens with one attached hydrogen (secondary N) is 3. The standard InChI is InChI=1S/C28H24F8N6O3/c1-3-22(43)37-12-14-4-9-18(28(34,35)36)19(10-14)39-26-40-20-11-17(25(45-13-21(29)30)41-23(20)42(26)2)24(44)38-16-7-5-15(6-8-16)27(31,32)33/h4-11,21H,3,12-13H2,1-2H3,(H,37,43)(H,38,44)(H,39,40). The highest BCUT2D eigenvalue weighted by Crippen LogP contribution is 2.37. The van der Waals surface area contributed by atoms with Crippen molar-refractivity contribution < 1.29 is 49.4 Å². The van der Waals surface area contributed by atoms with Crippen molar-refractivity contribution in [2.45, 2.75) is 38.7 Å². The molecule has 0 aliphatic heterocycles. The number of fused-ring (bicyclic) bond motifs is 1. The SMILES string of the molecule is CCC(=O)NCc1ccc(C(F)(F)F)c(Nc2nc3cc(C(=O)Nc4ccc(C(F)(F)F)cc4)c(OCC(F)F)nc3n2C)c1. The first-order chi connectivity index (χ1) is 21.1. The fourth-order valence-corrected chi connectivity index (χ4v) is 4.06. The summed E-state index contributed by atoms with van der Waals surface area (Å²) in [6.45, 7) is 0.396. The summed E-state index contributed by atoms with van der Waals surface area (Å²) < 4.78 is 112. The summed E-state index contributed by atoms with van der Waals surface area (Å²) in [6.07, 6.45) is -12.2. The molecule has 3 N–H and O–H groups in total. The van der Waals surface area contributed by atoms with Gasteiger partial charge in [-0.05, 0) is 48.0 Å². The number of nitrogens with zero attached hydrogens (tertiary/aromatic N) is 3. The summed E-state index contributed by atoms with van der Waals surface area (Å²) >= 11 is 0. The molecule has 0 bridgehead atoms. The lowest BCUT2D eigenvalue weighted by Crippen LogP contribution is -2.21. The van der Waals surface area contributed by atoms with Crippen LogP contribution < -0.4 is 20.7 Å². The van der Waals surface area contributed by atoms with Gasteiger partial charge < -0.3 is 20.7 Å². The minimum atomic E-state index is -4.78. The van der Waals surface area contributed by atoms with E-state index in [1.165, 1.54) is 23.7 Å². The van der Waals surface area contributed by atoms with Crippen LogP contribution >= 0.6 is 0 Å². The van der Waals surface area contributed by atoms with E-state index in [9.17, 15) is 44.7 Å². The zero-order chi connectivity index (χ0) is 33.1. The Morgan fingerprint density at radius 3 is 2.24 bits per heavy atom. The molecule has 4 aromatic rings. The van der Waals surface area contributed by atoms with Crippen LogP contribution in [0, 0.1) is 0 Å². The van der Waals surface area contributed by atoms with E-state index in [1.54, 1.807) is 6.92 Å². The third-order valence-corrected chi connectivity index (χ3v) is 6.32. The van der Waals surface area contributed by atoms with Crippen LogP contribution in [0.25, 0.3) is 11.2 Å². The maximum atomic E-state index is 13.8. The zero-order valence-electron chi connectivity index (χ0n) is 23.4. The van der Waals surface area contributed by atoms with E-state index in [4.69, 9.17) is 4.74 Å². The second kappa shape index (κ2) is 13.0. The molecule has 17 heteroatoms. The molecule has 0 radical (unpaired) electrons. The van der Waals surface area contributed by atoms with Crippen LogP contribution in [-0.2, 0) is 30.7 Å². The van der Waals surface area contributed by atoms with Crippen molar-refractivity contribution >= 4 is 40.3 Å². The molecule has 0 aliphatic carbocycles. The third-order valence-electron chi connectivity index (χ3n) is 6.32. The lowest BCUT2D eigenvalue weighted by Gasteiger charge is -2.16. The molecule has 0 saturated carbocycles. The van der Waals surface area contributed by atoms with Gasteiger partial charge in [0.25, 0.3) is 12.3 Å². The molecule has 45 heavy (non-hydrogen) atoms. The van der Waals surface area contributed by atoms with Gasteiger partial charge in [-0.25, -0.2) is 13.8 Å². The number of alkyl halides is 8. The average molecular weight is 645 g/mol. The monoisotopic (exact) mass is 644 g/mol. The number of imidazole rings is 1. The third kappa shape index (κ3) is 7.96. The maximum absolute atomic E-state index is 13.8. The predicted molar refractivity (Wildman–Crippen MR) is 146 cm³/mol. The fourth-order valence-electron chi connectivity index (χ4n) is 4.06. The summed E-state index contributed by atoms with van der Waals surface area (Å²) in [4.78, 5) is 33.0. The van der Waals surface area contributed by atoms with E-state index in [0.29, 0.717) is 5.56 Å². The number of pyridine rings is 1. The molecule has 2 heterocycles. The van der Waals surface area contributed by atoms with Crippen molar-refractivity contribution in [2.24, 2.45) is 7.05 Å². The highest BCUT2D eigenvalue weighted by atomic mass is 19.4. The van der Waals surface area contributed by atoms with Crippen molar-refractivity contribution in [3.05, 3.63) is 70.8 Å². The number of hydrogen-bond acceptors (Lipinski definition) is 6. The molecule has 4 rings (SSSR count). The molecule has 9 nitrogen and oxygen atoms in total. The molecule has 0 saturated heterocycles. The van der Waals surface area contributed by atoms with Crippen LogP contribution in [0.5, 0.6) is 5.88 Å². The molecule has 0 atom stereocenters. The number of amides is 2. The van der Waals surface area contributed by atoms with Crippen LogP contribution in [0.2, 0.25) is 0 Å². The molecule has 2 aromatic carbocycles. The number of benzene rings is 2. The Hall–Kier alpha value is -4.96. The fraction of sp³-hybridized carbons (Fsp3) is 0.286. The van der Waals surface area contributed by atoms with Crippen LogP contribution in [-0.4, -0.2) is 39.4 Å². The number of aryl methyl sites for hydroxylation is 1. The van der Waals surface area contributed by atoms with E-state index in [-0.39, 0.29) is 41.7 Å². The first kappa shape index (κ1) is 32.9. The predicted octanol–water partition coefficient (Wildman–Crippen LogP) is 6.67. The second-order valence-electron chi connectivity index (χ2n) is 9.54. The molecule has 2 aromatic heterocycles. The number of ether oxygens (including phenoxy) is 1. The number of hydrogen-bond donors (Lipinski definition) is 3. The molecule has 0 unspecified atom stereocenters. The molecular formula is C28H24F8N6O3. The molecule has 0 spiro atoms. The van der Waals surface area contributed by atoms with Gasteiger partial charge in [-0.15, -0.1) is 0 Å². The van der Waals surface area contributed by atoms with Crippen LogP contribution in [0.3, 0.4) is 0 Å². The van der Waals surface area contributed by atoms with Gasteiger partial charge >= 0.3 is 12.4 Å². The van der Waals surface area contributed by atoms with Gasteiger partial charge in [0, 0.05) is 25.7 Å². The average Bonchev–Trinajstić information content (AvgIpc) is 3.27. The lowest BCUT2D eigenvalue weighted by atomic mass is 10.1. The van der Waals surface area contributed by atoms with Gasteiger partial charge in [0.05, 0.1) is 16.8 Å². The van der Waals surface area contributed by atoms with Crippen LogP contribution in [0.4, 0.5) is 52.4 Å². The number of anilines is 3. The summed E-state index contributed by atoms with van der Waals surface area (Å²) in [6, 6.07) is 7.71. The zero-order valence-corrected chi connectivity index (χ0v) is 23.4. The van der Waals surface area contributed by atoms with E-state index >= 15 is 0 Å². The Kier molecular flexibility index (Phi) is 9.48. The summed E-state index contributed by atoms with van der Waals surface area (Å²) in [5.41, 5.74) is -2.70. The first-order valence-electron chi connectivity index (χ1n) is 13.1. The number of carbonyl (C=O) groups excluding carboxylic acids is 2. The van der Waals surface area contributed by atoms with Gasteiger partial charge in [-0.2, -0.15) is 31.3 Å². The van der Waals surface area contributed by atoms with Gasteiger partial charge in [0.2, 0.25) is 17.7 Å². The van der Waals surface area contributed by atoms with Gasteiger partial charge in [0.15, 0.2) is 12.3 Å². The Morgan fingerprint density at radius 2 is 1.64 bits per heavy atom. The molecular weight excluding hydrogens is 620 g/mol. The Balaban J connectivity index is 1.71. The highest BCUT2D eigenvalue weighted by Gasteiger charge is 2.34. The van der Waals surface area contributed by atoms with Crippen LogP contribution in [0.1, 0.15) is 40.4 Å². The Labute approximate surface area is 249 Å². The van der Waals surface area contributed by atoms with Gasteiger partial charge in [-0.1, -0.05) is 13.0 Å². The number of carbonyl (C=O) groups is 2. The molecule has 0 aliphatic rings. The van der Waals surface area contributed by atoms with E-state index < -0.39 is 59.5 Å². The van der Waals surface area contributed by atoms with Crippen molar-refractivity contribution in [2.75, 3.05) is 17.2 Å². The maximum Gasteiger partial charge on any atom is 0.418 e. The summed E-state index contributed by atoms with van der Waals surface area (Å²) in [5.74, 6) is -2.06. The Bertz CT molecular complexity index is 1700. The largest absolute Gasteiger partial charge is 0.471 e. The van der Waals surface area contributed by atoms with E-state index in [0.717, 1.165) is 36.4 Å². The minimum absolute atomic E-state index is 0.0498. The number of halogens is 8. The highest BCUT2D eigenvalue weighted by molar-refractivity contribution is 6.07. The van der Waals surface area contributed by atoms with Crippen molar-refractivity contribution in [1.82, 2.24) is 19.9 Å². The van der Waals surface area contributed by atoms with Gasteiger partial charge in [0.1, 0.15) is 11.1 Å². The Morgan fingerprint density at radius 1 is 0.956 bits per heavy atom. The normalized spacial score (nSPS) is 12.0. The molecule has 240 valence electrons. The topological polar surface area (TPSA) is 110 Å². The van der Waals surface area contributed by atoms with Gasteiger partial charge in [-0.3, -0.25) is 14.2 Å². The summed E-state index contributed by atoms with van der Waals surface area (Å²) in [5, 5.41) is 7.47. The summed E-state index contributed by atoms with van der Waals surface area (Å²) in [7, 11) is 1.36. The quantitative estimate of drug-likeness (QED) is 0.166. The number of aromatic nitrogens is 3. The van der Waals surface area contributed by atoms with E-state index in [2.05, 4.69) is 25.9 Å². The number of rotatable bonds is 10. The van der Waals surface area contributed by atoms with Crippen molar-refractivity contribution in [3.63, 3.8) is 0 Å². The first-order valence-corrected chi connectivity index (χ1v) is 13.1. The molecule has 2 amide bonds. The van der Waals surface area contributed by atoms with Crippen molar-refractivity contribution in [1.29, 1.82) is 0 Å².